The van der Waals surface area contributed by atoms with Crippen molar-refractivity contribution in [2.24, 2.45) is 0 Å². The van der Waals surface area contributed by atoms with Crippen LogP contribution in [-0.4, -0.2) is 23.9 Å². The lowest BCUT2D eigenvalue weighted by atomic mass is 10.1. The molecule has 2 N–H and O–H groups in total. The highest BCUT2D eigenvalue weighted by Gasteiger charge is 2.25. The molecule has 0 saturated heterocycles. The molecule has 5 rings (SSSR count). The molecule has 11 heteroatoms. The molecule has 0 atom stereocenters. The van der Waals surface area contributed by atoms with Crippen LogP contribution in [0.4, 0.5) is 15.9 Å². The van der Waals surface area contributed by atoms with E-state index in [4.69, 9.17) is 16.3 Å². The van der Waals surface area contributed by atoms with Gasteiger partial charge in [0.25, 0.3) is 0 Å². The SMILES string of the molecule is CC(C)(C)NS(=O)(=O)c1ccccc1-c1cc2c(Nc3ccc(OCc4cccc(F)c4)c(Cl)c3)ncnc2s1. The molecule has 0 bridgehead atoms. The van der Waals surface area contributed by atoms with Crippen LogP contribution in [0.1, 0.15) is 26.3 Å². The Morgan fingerprint density at radius 2 is 1.80 bits per heavy atom. The summed E-state index contributed by atoms with van der Waals surface area (Å²) in [6.07, 6.45) is 1.45. The lowest BCUT2D eigenvalue weighted by Gasteiger charge is -2.21. The monoisotopic (exact) mass is 596 g/mol. The number of nitrogens with one attached hydrogen (secondary N) is 2. The zero-order valence-electron chi connectivity index (χ0n) is 21.9. The summed E-state index contributed by atoms with van der Waals surface area (Å²) < 4.78 is 48.3. The number of rotatable bonds is 8. The van der Waals surface area contributed by atoms with Crippen molar-refractivity contribution in [2.75, 3.05) is 5.32 Å². The van der Waals surface area contributed by atoms with Gasteiger partial charge in [0, 0.05) is 21.7 Å². The first-order valence-electron chi connectivity index (χ1n) is 12.3. The summed E-state index contributed by atoms with van der Waals surface area (Å²) in [5.41, 5.74) is 1.32. The van der Waals surface area contributed by atoms with Crippen LogP contribution in [0.2, 0.25) is 5.02 Å². The summed E-state index contributed by atoms with van der Waals surface area (Å²) in [7, 11) is -3.77. The van der Waals surface area contributed by atoms with Crippen LogP contribution < -0.4 is 14.8 Å². The predicted octanol–water partition coefficient (Wildman–Crippen LogP) is 7.55. The topological polar surface area (TPSA) is 93.2 Å². The normalized spacial score (nSPS) is 12.0. The predicted molar refractivity (Wildman–Crippen MR) is 158 cm³/mol. The Labute approximate surface area is 241 Å². The van der Waals surface area contributed by atoms with Crippen LogP contribution in [0.5, 0.6) is 5.75 Å². The molecule has 0 spiro atoms. The maximum absolute atomic E-state index is 13.4. The molecule has 0 unspecified atom stereocenters. The number of ether oxygens (including phenoxy) is 1. The molecule has 0 aliphatic carbocycles. The minimum atomic E-state index is -3.77. The second kappa shape index (κ2) is 11.1. The maximum Gasteiger partial charge on any atom is 0.241 e. The minimum Gasteiger partial charge on any atom is -0.487 e. The molecule has 40 heavy (non-hydrogen) atoms. The third-order valence-corrected chi connectivity index (χ3v) is 8.88. The minimum absolute atomic E-state index is 0.178. The van der Waals surface area contributed by atoms with Gasteiger partial charge in [0.05, 0.1) is 15.3 Å². The number of fused-ring (bicyclic) bond motifs is 1. The van der Waals surface area contributed by atoms with E-state index in [1.807, 2.05) is 6.07 Å². The van der Waals surface area contributed by atoms with Gasteiger partial charge in [-0.15, -0.1) is 11.3 Å². The second-order valence-corrected chi connectivity index (χ2v) is 13.2. The number of benzene rings is 3. The second-order valence-electron chi connectivity index (χ2n) is 10.1. The maximum atomic E-state index is 13.4. The summed E-state index contributed by atoms with van der Waals surface area (Å²) in [6, 6.07) is 20.2. The third kappa shape index (κ3) is 6.42. The molecule has 5 aromatic rings. The van der Waals surface area contributed by atoms with Crippen LogP contribution in [0, 0.1) is 5.82 Å². The smallest absolute Gasteiger partial charge is 0.241 e. The number of hydrogen-bond donors (Lipinski definition) is 2. The van der Waals surface area contributed by atoms with E-state index in [-0.39, 0.29) is 17.3 Å². The molecule has 2 heterocycles. The highest BCUT2D eigenvalue weighted by Crippen LogP contribution is 2.39. The molecular formula is C29H26ClFN4O3S2. The molecule has 206 valence electrons. The number of thiophene rings is 1. The van der Waals surface area contributed by atoms with Gasteiger partial charge in [-0.1, -0.05) is 41.9 Å². The average Bonchev–Trinajstić information content (AvgIpc) is 3.32. The van der Waals surface area contributed by atoms with Crippen LogP contribution in [0.3, 0.4) is 0 Å². The van der Waals surface area contributed by atoms with Gasteiger partial charge in [-0.05, 0) is 68.8 Å². The largest absolute Gasteiger partial charge is 0.487 e. The van der Waals surface area contributed by atoms with Crippen LogP contribution in [0.15, 0.2) is 84.0 Å². The van der Waals surface area contributed by atoms with E-state index >= 15 is 0 Å². The van der Waals surface area contributed by atoms with Crippen molar-refractivity contribution < 1.29 is 17.5 Å². The lowest BCUT2D eigenvalue weighted by molar-refractivity contribution is 0.306. The standard InChI is InChI=1S/C29H26ClFN4O3S2/c1-29(2,3)35-40(36,37)26-10-5-4-9-21(26)25-15-22-27(32-17-33-28(22)39-25)34-20-11-12-24(23(30)14-20)38-16-18-7-6-8-19(31)13-18/h4-15,17,35H,16H2,1-3H3,(H,32,33,34). The van der Waals surface area contributed by atoms with Gasteiger partial charge in [0.2, 0.25) is 10.0 Å². The highest BCUT2D eigenvalue weighted by molar-refractivity contribution is 7.89. The zero-order chi connectivity index (χ0) is 28.5. The summed E-state index contributed by atoms with van der Waals surface area (Å²) in [6.45, 7) is 5.58. The summed E-state index contributed by atoms with van der Waals surface area (Å²) in [5, 5.41) is 4.39. The van der Waals surface area contributed by atoms with Crippen molar-refractivity contribution in [1.29, 1.82) is 0 Å². The van der Waals surface area contributed by atoms with Crippen molar-refractivity contribution in [3.8, 4) is 16.2 Å². The molecule has 0 amide bonds. The average molecular weight is 597 g/mol. The number of halogens is 2. The van der Waals surface area contributed by atoms with E-state index in [0.717, 1.165) is 10.3 Å². The lowest BCUT2D eigenvalue weighted by Crippen LogP contribution is -2.40. The fraction of sp³-hybridized carbons (Fsp3) is 0.172. The molecule has 0 aliphatic heterocycles. The van der Waals surface area contributed by atoms with E-state index in [2.05, 4.69) is 20.0 Å². The highest BCUT2D eigenvalue weighted by atomic mass is 35.5. The molecule has 7 nitrogen and oxygen atoms in total. The summed E-state index contributed by atoms with van der Waals surface area (Å²) in [4.78, 5) is 10.4. The Balaban J connectivity index is 1.41. The molecule has 3 aromatic carbocycles. The Hall–Kier alpha value is -3.57. The third-order valence-electron chi connectivity index (χ3n) is 5.69. The van der Waals surface area contributed by atoms with Crippen molar-refractivity contribution in [3.05, 3.63) is 95.5 Å². The number of nitrogens with zero attached hydrogens (tertiary/aromatic N) is 2. The first-order valence-corrected chi connectivity index (χ1v) is 15.0. The molecule has 0 aliphatic rings. The van der Waals surface area contributed by atoms with Gasteiger partial charge < -0.3 is 10.1 Å². The number of aromatic nitrogens is 2. The van der Waals surface area contributed by atoms with Crippen molar-refractivity contribution >= 4 is 54.7 Å². The fourth-order valence-electron chi connectivity index (χ4n) is 4.07. The van der Waals surface area contributed by atoms with E-state index in [1.54, 1.807) is 75.4 Å². The zero-order valence-corrected chi connectivity index (χ0v) is 24.3. The van der Waals surface area contributed by atoms with Gasteiger partial charge in [0.15, 0.2) is 0 Å². The van der Waals surface area contributed by atoms with Gasteiger partial charge in [-0.25, -0.2) is 27.5 Å². The van der Waals surface area contributed by atoms with Crippen LogP contribution in [0.25, 0.3) is 20.7 Å². The summed E-state index contributed by atoms with van der Waals surface area (Å²) >= 11 is 7.85. The molecule has 0 saturated carbocycles. The Bertz CT molecular complexity index is 1800. The van der Waals surface area contributed by atoms with Crippen molar-refractivity contribution in [1.82, 2.24) is 14.7 Å². The van der Waals surface area contributed by atoms with Gasteiger partial charge in [-0.2, -0.15) is 0 Å². The molecule has 2 aromatic heterocycles. The van der Waals surface area contributed by atoms with Crippen LogP contribution in [-0.2, 0) is 16.6 Å². The van der Waals surface area contributed by atoms with Gasteiger partial charge in [0.1, 0.15) is 35.1 Å². The fourth-order valence-corrected chi connectivity index (χ4v) is 7.05. The van der Waals surface area contributed by atoms with E-state index in [0.29, 0.717) is 38.2 Å². The number of hydrogen-bond acceptors (Lipinski definition) is 7. The Morgan fingerprint density at radius 3 is 2.55 bits per heavy atom. The Morgan fingerprint density at radius 1 is 1.00 bits per heavy atom. The van der Waals surface area contributed by atoms with Gasteiger partial charge in [-0.3, -0.25) is 0 Å². The Kier molecular flexibility index (Phi) is 7.78. The molecule has 0 fully saturated rings. The van der Waals surface area contributed by atoms with Gasteiger partial charge >= 0.3 is 0 Å². The quantitative estimate of drug-likeness (QED) is 0.192. The first kappa shape index (κ1) is 28.0. The molecule has 0 radical (unpaired) electrons. The van der Waals surface area contributed by atoms with E-state index in [1.165, 1.54) is 29.8 Å². The van der Waals surface area contributed by atoms with Crippen LogP contribution >= 0.6 is 22.9 Å². The van der Waals surface area contributed by atoms with Crippen molar-refractivity contribution in [3.63, 3.8) is 0 Å². The number of sulfonamides is 1. The first-order chi connectivity index (χ1) is 19.0. The van der Waals surface area contributed by atoms with E-state index in [9.17, 15) is 12.8 Å². The summed E-state index contributed by atoms with van der Waals surface area (Å²) in [5.74, 6) is 0.681. The van der Waals surface area contributed by atoms with Crippen molar-refractivity contribution in [2.45, 2.75) is 37.8 Å². The van der Waals surface area contributed by atoms with E-state index < -0.39 is 15.6 Å². The molecular weight excluding hydrogens is 571 g/mol. The number of anilines is 2.